The normalized spacial score (nSPS) is 14.0. The van der Waals surface area contributed by atoms with Crippen LogP contribution < -0.4 is 20.7 Å². The van der Waals surface area contributed by atoms with Gasteiger partial charge < -0.3 is 20.7 Å². The molecule has 7 heteroatoms. The van der Waals surface area contributed by atoms with Gasteiger partial charge in [0.05, 0.1) is 13.2 Å². The molecule has 164 valence electrons. The molecule has 1 aliphatic carbocycles. The summed E-state index contributed by atoms with van der Waals surface area (Å²) < 4.78 is 6.03. The number of amides is 1. The van der Waals surface area contributed by atoms with Crippen molar-refractivity contribution in [1.82, 2.24) is 16.0 Å². The molecule has 0 bridgehead atoms. The summed E-state index contributed by atoms with van der Waals surface area (Å²) in [5.41, 5.74) is 1.91. The monoisotopic (exact) mass is 516 g/mol. The lowest BCUT2D eigenvalue weighted by atomic mass is 9.96. The van der Waals surface area contributed by atoms with Crippen molar-refractivity contribution < 1.29 is 9.53 Å². The number of aliphatic imine (C=N–C) groups is 1. The Kier molecular flexibility index (Phi) is 10.8. The molecule has 0 heterocycles. The molecule has 6 nitrogen and oxygen atoms in total. The van der Waals surface area contributed by atoms with E-state index in [1.165, 1.54) is 18.4 Å². The van der Waals surface area contributed by atoms with E-state index in [9.17, 15) is 4.79 Å². The smallest absolute Gasteiger partial charge is 0.225 e. The highest BCUT2D eigenvalue weighted by Crippen LogP contribution is 2.30. The molecule has 0 radical (unpaired) electrons. The summed E-state index contributed by atoms with van der Waals surface area (Å²) in [5, 5.41) is 9.46. The highest BCUT2D eigenvalue weighted by Gasteiger charge is 2.22. The van der Waals surface area contributed by atoms with Gasteiger partial charge in [-0.25, -0.2) is 4.99 Å². The Labute approximate surface area is 192 Å². The van der Waals surface area contributed by atoms with Gasteiger partial charge in [-0.1, -0.05) is 32.9 Å². The Balaban J connectivity index is 0.00000420. The first-order valence-corrected chi connectivity index (χ1v) is 10.3. The Morgan fingerprint density at radius 1 is 1.17 bits per heavy atom. The first-order valence-electron chi connectivity index (χ1n) is 10.3. The SMILES string of the molecule is CCNC(=NCc1ccc(C)cc1OCC1CC1)NCCNC(=O)C(C)(C)C.I. The van der Waals surface area contributed by atoms with Gasteiger partial charge in [-0.2, -0.15) is 0 Å². The van der Waals surface area contributed by atoms with E-state index in [4.69, 9.17) is 4.74 Å². The van der Waals surface area contributed by atoms with Crippen molar-refractivity contribution in [3.05, 3.63) is 29.3 Å². The number of carbonyl (C=O) groups excluding carboxylic acids is 1. The molecular formula is C22H37IN4O2. The Hall–Kier alpha value is -1.51. The molecule has 1 aromatic carbocycles. The summed E-state index contributed by atoms with van der Waals surface area (Å²) in [6.45, 7) is 13.1. The van der Waals surface area contributed by atoms with Gasteiger partial charge in [0.15, 0.2) is 5.96 Å². The summed E-state index contributed by atoms with van der Waals surface area (Å²) in [6, 6.07) is 6.28. The predicted octanol–water partition coefficient (Wildman–Crippen LogP) is 3.62. The average molecular weight is 516 g/mol. The molecule has 0 unspecified atom stereocenters. The van der Waals surface area contributed by atoms with Crippen LogP contribution in [0.25, 0.3) is 0 Å². The van der Waals surface area contributed by atoms with Gasteiger partial charge in [-0.05, 0) is 44.2 Å². The number of benzene rings is 1. The fraction of sp³-hybridized carbons (Fsp3) is 0.636. The molecule has 1 aromatic rings. The number of carbonyl (C=O) groups is 1. The molecule has 0 aromatic heterocycles. The predicted molar refractivity (Wildman–Crippen MR) is 130 cm³/mol. The number of hydrogen-bond acceptors (Lipinski definition) is 3. The lowest BCUT2D eigenvalue weighted by Gasteiger charge is -2.18. The minimum atomic E-state index is -0.374. The van der Waals surface area contributed by atoms with Crippen LogP contribution in [0, 0.1) is 18.3 Å². The summed E-state index contributed by atoms with van der Waals surface area (Å²) >= 11 is 0. The van der Waals surface area contributed by atoms with Crippen LogP contribution >= 0.6 is 24.0 Å². The fourth-order valence-corrected chi connectivity index (χ4v) is 2.55. The molecule has 3 N–H and O–H groups in total. The van der Waals surface area contributed by atoms with Crippen molar-refractivity contribution in [1.29, 1.82) is 0 Å². The van der Waals surface area contributed by atoms with Crippen molar-refractivity contribution in [2.75, 3.05) is 26.2 Å². The highest BCUT2D eigenvalue weighted by molar-refractivity contribution is 14.0. The van der Waals surface area contributed by atoms with E-state index in [0.29, 0.717) is 19.6 Å². The number of nitrogens with zero attached hydrogens (tertiary/aromatic N) is 1. The largest absolute Gasteiger partial charge is 0.493 e. The maximum absolute atomic E-state index is 11.9. The van der Waals surface area contributed by atoms with Gasteiger partial charge in [0, 0.05) is 30.6 Å². The second kappa shape index (κ2) is 12.2. The lowest BCUT2D eigenvalue weighted by molar-refractivity contribution is -0.128. The van der Waals surface area contributed by atoms with E-state index in [1.54, 1.807) is 0 Å². The number of aryl methyl sites for hydroxylation is 1. The molecule has 1 saturated carbocycles. The van der Waals surface area contributed by atoms with Crippen molar-refractivity contribution in [2.45, 2.75) is 54.0 Å². The number of halogens is 1. The van der Waals surface area contributed by atoms with Crippen molar-refractivity contribution in [3.8, 4) is 5.75 Å². The Morgan fingerprint density at radius 3 is 2.48 bits per heavy atom. The summed E-state index contributed by atoms with van der Waals surface area (Å²) in [4.78, 5) is 16.6. The van der Waals surface area contributed by atoms with Crippen molar-refractivity contribution in [3.63, 3.8) is 0 Å². The fourth-order valence-electron chi connectivity index (χ4n) is 2.55. The van der Waals surface area contributed by atoms with Crippen LogP contribution in [0.3, 0.4) is 0 Å². The van der Waals surface area contributed by atoms with E-state index in [0.717, 1.165) is 36.3 Å². The van der Waals surface area contributed by atoms with Gasteiger partial charge >= 0.3 is 0 Å². The molecule has 1 fully saturated rings. The second-order valence-electron chi connectivity index (χ2n) is 8.49. The van der Waals surface area contributed by atoms with Crippen molar-refractivity contribution in [2.24, 2.45) is 16.3 Å². The molecule has 29 heavy (non-hydrogen) atoms. The third-order valence-electron chi connectivity index (χ3n) is 4.53. The van der Waals surface area contributed by atoms with Crippen LogP contribution in [0.15, 0.2) is 23.2 Å². The maximum Gasteiger partial charge on any atom is 0.225 e. The van der Waals surface area contributed by atoms with Crippen LogP contribution in [0.2, 0.25) is 0 Å². The zero-order chi connectivity index (χ0) is 20.6. The van der Waals surface area contributed by atoms with E-state index in [2.05, 4.69) is 46.1 Å². The second-order valence-corrected chi connectivity index (χ2v) is 8.49. The topological polar surface area (TPSA) is 74.8 Å². The highest BCUT2D eigenvalue weighted by atomic mass is 127. The molecule has 0 aliphatic heterocycles. The number of hydrogen-bond donors (Lipinski definition) is 3. The third kappa shape index (κ3) is 9.69. The van der Waals surface area contributed by atoms with E-state index in [-0.39, 0.29) is 35.3 Å². The quantitative estimate of drug-likeness (QED) is 0.203. The molecule has 0 spiro atoms. The van der Waals surface area contributed by atoms with Crippen LogP contribution in [-0.2, 0) is 11.3 Å². The van der Waals surface area contributed by atoms with E-state index in [1.807, 2.05) is 27.7 Å². The zero-order valence-electron chi connectivity index (χ0n) is 18.4. The zero-order valence-corrected chi connectivity index (χ0v) is 20.8. The number of ether oxygens (including phenoxy) is 1. The number of nitrogens with one attached hydrogen (secondary N) is 3. The maximum atomic E-state index is 11.9. The molecule has 1 aliphatic rings. The first-order chi connectivity index (χ1) is 13.3. The minimum Gasteiger partial charge on any atom is -0.493 e. The lowest BCUT2D eigenvalue weighted by Crippen LogP contribution is -2.43. The van der Waals surface area contributed by atoms with Crippen LogP contribution in [0.4, 0.5) is 0 Å². The Bertz CT molecular complexity index is 682. The molecular weight excluding hydrogens is 479 g/mol. The van der Waals surface area contributed by atoms with E-state index >= 15 is 0 Å². The number of rotatable bonds is 9. The van der Waals surface area contributed by atoms with Gasteiger partial charge in [0.2, 0.25) is 5.91 Å². The molecule has 0 atom stereocenters. The number of guanidine groups is 1. The summed E-state index contributed by atoms with van der Waals surface area (Å²) in [5.74, 6) is 2.44. The average Bonchev–Trinajstić information content (AvgIpc) is 3.45. The van der Waals surface area contributed by atoms with Gasteiger partial charge in [-0.15, -0.1) is 24.0 Å². The van der Waals surface area contributed by atoms with Gasteiger partial charge in [0.25, 0.3) is 0 Å². The van der Waals surface area contributed by atoms with Gasteiger partial charge in [0.1, 0.15) is 5.75 Å². The molecule has 1 amide bonds. The molecule has 0 saturated heterocycles. The summed E-state index contributed by atoms with van der Waals surface area (Å²) in [7, 11) is 0. The standard InChI is InChI=1S/C22H36N4O2.HI/c1-6-23-21(25-12-11-24-20(27)22(3,4)5)26-14-18-10-7-16(2)13-19(18)28-15-17-8-9-17;/h7,10,13,17H,6,8-9,11-12,14-15H2,1-5H3,(H,24,27)(H2,23,25,26);1H. The van der Waals surface area contributed by atoms with Crippen LogP contribution in [0.5, 0.6) is 5.75 Å². The van der Waals surface area contributed by atoms with Crippen molar-refractivity contribution >= 4 is 35.8 Å². The first kappa shape index (κ1) is 25.5. The van der Waals surface area contributed by atoms with Crippen LogP contribution in [-0.4, -0.2) is 38.1 Å². The van der Waals surface area contributed by atoms with Crippen LogP contribution in [0.1, 0.15) is 51.7 Å². The van der Waals surface area contributed by atoms with Gasteiger partial charge in [-0.3, -0.25) is 4.79 Å². The third-order valence-corrected chi connectivity index (χ3v) is 4.53. The Morgan fingerprint density at radius 2 is 1.86 bits per heavy atom. The van der Waals surface area contributed by atoms with E-state index < -0.39 is 0 Å². The summed E-state index contributed by atoms with van der Waals surface area (Å²) in [6.07, 6.45) is 2.55. The minimum absolute atomic E-state index is 0. The molecule has 2 rings (SSSR count).